The summed E-state index contributed by atoms with van der Waals surface area (Å²) in [5, 5.41) is 0. The van der Waals surface area contributed by atoms with E-state index in [1.54, 1.807) is 0 Å². The number of hydrogen-bond donors (Lipinski definition) is 1. The molecule has 1 N–H and O–H groups in total. The van der Waals surface area contributed by atoms with Crippen LogP contribution in [0.25, 0.3) is 11.2 Å². The molecule has 4 heteroatoms. The number of fused-ring (bicyclic) bond motifs is 1. The van der Waals surface area contributed by atoms with E-state index in [0.29, 0.717) is 0 Å². The summed E-state index contributed by atoms with van der Waals surface area (Å²) < 4.78 is 0.811. The maximum Gasteiger partial charge on any atom is 0.178 e. The standard InChI is InChI=1S/C11H8BrN3/c12-9-6-5-8-11(14-9)15-10(13-8)7-3-1-2-4-7/h1-7H,(H,13,14,15). The van der Waals surface area contributed by atoms with E-state index in [0.717, 1.165) is 21.6 Å². The molecule has 0 amide bonds. The van der Waals surface area contributed by atoms with Gasteiger partial charge in [0.25, 0.3) is 0 Å². The maximum absolute atomic E-state index is 4.46. The number of H-pyrrole nitrogens is 1. The predicted octanol–water partition coefficient (Wildman–Crippen LogP) is 2.93. The second kappa shape index (κ2) is 3.31. The monoisotopic (exact) mass is 261 g/mol. The summed E-state index contributed by atoms with van der Waals surface area (Å²) in [5.41, 5.74) is 1.73. The Hall–Kier alpha value is -1.42. The fraction of sp³-hybridized carbons (Fsp3) is 0.0909. The first-order valence-electron chi connectivity index (χ1n) is 4.70. The summed E-state index contributed by atoms with van der Waals surface area (Å²) in [6.45, 7) is 0. The van der Waals surface area contributed by atoms with Gasteiger partial charge < -0.3 is 4.98 Å². The molecule has 2 aromatic heterocycles. The van der Waals surface area contributed by atoms with E-state index in [1.165, 1.54) is 0 Å². The third kappa shape index (κ3) is 1.51. The van der Waals surface area contributed by atoms with Crippen molar-refractivity contribution in [2.45, 2.75) is 5.92 Å². The molecular formula is C11H8BrN3. The Morgan fingerprint density at radius 3 is 2.73 bits per heavy atom. The van der Waals surface area contributed by atoms with Crippen molar-refractivity contribution in [2.75, 3.05) is 0 Å². The number of aromatic nitrogens is 3. The van der Waals surface area contributed by atoms with Gasteiger partial charge in [-0.25, -0.2) is 9.97 Å². The number of pyridine rings is 1. The Bertz CT molecular complexity index is 556. The van der Waals surface area contributed by atoms with Gasteiger partial charge in [-0.15, -0.1) is 0 Å². The SMILES string of the molecule is Brc1ccc2[nH]c(C3C=CC=C3)nc2n1. The molecule has 0 aromatic carbocycles. The molecule has 0 bridgehead atoms. The number of nitrogens with one attached hydrogen (secondary N) is 1. The molecule has 2 heterocycles. The number of rotatable bonds is 1. The minimum Gasteiger partial charge on any atom is -0.340 e. The Morgan fingerprint density at radius 1 is 1.13 bits per heavy atom. The maximum atomic E-state index is 4.46. The summed E-state index contributed by atoms with van der Waals surface area (Å²) in [6, 6.07) is 3.88. The molecule has 0 fully saturated rings. The van der Waals surface area contributed by atoms with Gasteiger partial charge in [0.15, 0.2) is 5.65 Å². The van der Waals surface area contributed by atoms with Gasteiger partial charge >= 0.3 is 0 Å². The lowest BCUT2D eigenvalue weighted by atomic mass is 10.2. The quantitative estimate of drug-likeness (QED) is 0.803. The number of halogens is 1. The van der Waals surface area contributed by atoms with Gasteiger partial charge in [-0.3, -0.25) is 0 Å². The summed E-state index contributed by atoms with van der Waals surface area (Å²) in [6.07, 6.45) is 8.27. The summed E-state index contributed by atoms with van der Waals surface area (Å²) in [4.78, 5) is 12.0. The molecule has 3 rings (SSSR count). The highest BCUT2D eigenvalue weighted by molar-refractivity contribution is 9.10. The van der Waals surface area contributed by atoms with Crippen LogP contribution >= 0.6 is 15.9 Å². The van der Waals surface area contributed by atoms with Crippen LogP contribution in [0, 0.1) is 0 Å². The summed E-state index contributed by atoms with van der Waals surface area (Å²) in [5.74, 6) is 1.21. The number of nitrogens with zero attached hydrogens (tertiary/aromatic N) is 2. The zero-order valence-electron chi connectivity index (χ0n) is 7.81. The van der Waals surface area contributed by atoms with Crippen molar-refractivity contribution < 1.29 is 0 Å². The van der Waals surface area contributed by atoms with E-state index in [4.69, 9.17) is 0 Å². The minimum atomic E-state index is 0.262. The van der Waals surface area contributed by atoms with Crippen LogP contribution in [-0.4, -0.2) is 15.0 Å². The van der Waals surface area contributed by atoms with Crippen LogP contribution in [0.2, 0.25) is 0 Å². The van der Waals surface area contributed by atoms with E-state index in [1.807, 2.05) is 24.3 Å². The van der Waals surface area contributed by atoms with Gasteiger partial charge in [0, 0.05) is 0 Å². The molecule has 1 aliphatic carbocycles. The fourth-order valence-corrected chi connectivity index (χ4v) is 1.96. The third-order valence-electron chi connectivity index (χ3n) is 2.39. The van der Waals surface area contributed by atoms with Gasteiger partial charge in [-0.05, 0) is 28.1 Å². The topological polar surface area (TPSA) is 41.6 Å². The van der Waals surface area contributed by atoms with Crippen molar-refractivity contribution in [3.8, 4) is 0 Å². The van der Waals surface area contributed by atoms with Crippen molar-refractivity contribution in [1.29, 1.82) is 0 Å². The Morgan fingerprint density at radius 2 is 1.93 bits per heavy atom. The third-order valence-corrected chi connectivity index (χ3v) is 2.84. The number of aromatic amines is 1. The van der Waals surface area contributed by atoms with Crippen LogP contribution in [0.5, 0.6) is 0 Å². The average Bonchev–Trinajstić information content (AvgIpc) is 2.84. The molecule has 0 radical (unpaired) electrons. The van der Waals surface area contributed by atoms with Gasteiger partial charge in [0.1, 0.15) is 10.4 Å². The van der Waals surface area contributed by atoms with E-state index in [9.17, 15) is 0 Å². The molecule has 0 unspecified atom stereocenters. The van der Waals surface area contributed by atoms with Gasteiger partial charge in [0.05, 0.1) is 11.4 Å². The summed E-state index contributed by atoms with van der Waals surface area (Å²) >= 11 is 3.33. The van der Waals surface area contributed by atoms with Crippen LogP contribution in [0.4, 0.5) is 0 Å². The second-order valence-electron chi connectivity index (χ2n) is 3.42. The fourth-order valence-electron chi connectivity index (χ4n) is 1.66. The van der Waals surface area contributed by atoms with Crippen LogP contribution in [0.15, 0.2) is 41.0 Å². The van der Waals surface area contributed by atoms with Crippen molar-refractivity contribution >= 4 is 27.1 Å². The molecule has 0 spiro atoms. The van der Waals surface area contributed by atoms with Crippen molar-refractivity contribution in [3.05, 3.63) is 46.9 Å². The first-order valence-corrected chi connectivity index (χ1v) is 5.49. The Balaban J connectivity index is 2.13. The molecule has 2 aromatic rings. The van der Waals surface area contributed by atoms with E-state index in [2.05, 4.69) is 43.0 Å². The molecule has 0 aliphatic heterocycles. The van der Waals surface area contributed by atoms with E-state index in [-0.39, 0.29) is 5.92 Å². The molecule has 0 saturated heterocycles. The van der Waals surface area contributed by atoms with E-state index >= 15 is 0 Å². The first kappa shape index (κ1) is 8.85. The van der Waals surface area contributed by atoms with Crippen LogP contribution in [-0.2, 0) is 0 Å². The second-order valence-corrected chi connectivity index (χ2v) is 4.24. The van der Waals surface area contributed by atoms with Gasteiger partial charge in [-0.1, -0.05) is 24.3 Å². The molecular weight excluding hydrogens is 254 g/mol. The van der Waals surface area contributed by atoms with Crippen LogP contribution in [0.3, 0.4) is 0 Å². The van der Waals surface area contributed by atoms with Crippen molar-refractivity contribution in [1.82, 2.24) is 15.0 Å². The van der Waals surface area contributed by atoms with Gasteiger partial charge in [-0.2, -0.15) is 0 Å². The van der Waals surface area contributed by atoms with Crippen molar-refractivity contribution in [3.63, 3.8) is 0 Å². The first-order chi connectivity index (χ1) is 7.33. The summed E-state index contributed by atoms with van der Waals surface area (Å²) in [7, 11) is 0. The number of imidazole rings is 1. The highest BCUT2D eigenvalue weighted by atomic mass is 79.9. The lowest BCUT2D eigenvalue weighted by Crippen LogP contribution is -1.90. The zero-order chi connectivity index (χ0) is 10.3. The van der Waals surface area contributed by atoms with Gasteiger partial charge in [0.2, 0.25) is 0 Å². The highest BCUT2D eigenvalue weighted by Gasteiger charge is 2.12. The largest absolute Gasteiger partial charge is 0.340 e. The van der Waals surface area contributed by atoms with Crippen LogP contribution < -0.4 is 0 Å². The lowest BCUT2D eigenvalue weighted by molar-refractivity contribution is 0.968. The molecule has 0 atom stereocenters. The molecule has 15 heavy (non-hydrogen) atoms. The number of hydrogen-bond acceptors (Lipinski definition) is 2. The molecule has 74 valence electrons. The average molecular weight is 262 g/mol. The Labute approximate surface area is 95.1 Å². The lowest BCUT2D eigenvalue weighted by Gasteiger charge is -1.97. The number of allylic oxidation sites excluding steroid dienone is 4. The normalized spacial score (nSPS) is 15.5. The van der Waals surface area contributed by atoms with E-state index < -0.39 is 0 Å². The molecule has 0 saturated carbocycles. The Kier molecular flexibility index (Phi) is 1.95. The molecule has 3 nitrogen and oxygen atoms in total. The zero-order valence-corrected chi connectivity index (χ0v) is 9.40. The molecule has 1 aliphatic rings. The minimum absolute atomic E-state index is 0.262. The van der Waals surface area contributed by atoms with Crippen LogP contribution in [0.1, 0.15) is 11.7 Å². The highest BCUT2D eigenvalue weighted by Crippen LogP contribution is 2.23. The van der Waals surface area contributed by atoms with Crippen molar-refractivity contribution in [2.24, 2.45) is 0 Å². The predicted molar refractivity (Wildman–Crippen MR) is 62.6 cm³/mol. The smallest absolute Gasteiger partial charge is 0.178 e.